The van der Waals surface area contributed by atoms with Crippen LogP contribution in [0.5, 0.6) is 0 Å². The van der Waals surface area contributed by atoms with Gasteiger partial charge in [-0.2, -0.15) is 4.98 Å². The van der Waals surface area contributed by atoms with Crippen molar-refractivity contribution in [3.05, 3.63) is 53.3 Å². The second-order valence-electron chi connectivity index (χ2n) is 6.79. The van der Waals surface area contributed by atoms with Crippen LogP contribution in [0.1, 0.15) is 42.0 Å². The van der Waals surface area contributed by atoms with Gasteiger partial charge in [-0.25, -0.2) is 9.37 Å². The molecule has 0 spiro atoms. The summed E-state index contributed by atoms with van der Waals surface area (Å²) < 4.78 is 24.2. The smallest absolute Gasteiger partial charge is 0.231 e. The van der Waals surface area contributed by atoms with Crippen LogP contribution in [0.25, 0.3) is 11.4 Å². The van der Waals surface area contributed by atoms with E-state index < -0.39 is 0 Å². The molecule has 0 radical (unpaired) electrons. The minimum absolute atomic E-state index is 0.183. The fourth-order valence-corrected chi connectivity index (χ4v) is 3.32. The molecule has 1 unspecified atom stereocenters. The highest BCUT2D eigenvalue weighted by Gasteiger charge is 2.27. The standard InChI is InChI=1S/C19H21FN4O2/c1-12-13(2)25-17(21-12)11-24-9-3-4-15(10-24)19-22-18(23-26-19)14-5-7-16(20)8-6-14/h5-8,15H,3-4,9-11H2,1-2H3. The van der Waals surface area contributed by atoms with Crippen molar-refractivity contribution in [2.24, 2.45) is 0 Å². The number of piperidine rings is 1. The number of halogens is 1. The average molecular weight is 356 g/mol. The molecule has 7 heteroatoms. The third-order valence-electron chi connectivity index (χ3n) is 4.83. The van der Waals surface area contributed by atoms with Crippen LogP contribution in [-0.2, 0) is 6.54 Å². The van der Waals surface area contributed by atoms with Crippen LogP contribution in [0.15, 0.2) is 33.2 Å². The summed E-state index contributed by atoms with van der Waals surface area (Å²) in [4.78, 5) is 11.3. The lowest BCUT2D eigenvalue weighted by atomic mass is 9.98. The van der Waals surface area contributed by atoms with Crippen molar-refractivity contribution in [2.45, 2.75) is 39.2 Å². The number of nitrogens with zero attached hydrogens (tertiary/aromatic N) is 4. The Morgan fingerprint density at radius 1 is 1.19 bits per heavy atom. The molecule has 1 aliphatic rings. The zero-order valence-corrected chi connectivity index (χ0v) is 14.9. The number of oxazole rings is 1. The summed E-state index contributed by atoms with van der Waals surface area (Å²) in [7, 11) is 0. The molecule has 1 saturated heterocycles. The molecule has 1 atom stereocenters. The number of hydrogen-bond acceptors (Lipinski definition) is 6. The Morgan fingerprint density at radius 3 is 2.73 bits per heavy atom. The van der Waals surface area contributed by atoms with E-state index in [2.05, 4.69) is 20.0 Å². The van der Waals surface area contributed by atoms with Crippen molar-refractivity contribution >= 4 is 0 Å². The summed E-state index contributed by atoms with van der Waals surface area (Å²) in [5, 5.41) is 4.06. The molecule has 1 fully saturated rings. The zero-order chi connectivity index (χ0) is 18.1. The van der Waals surface area contributed by atoms with Gasteiger partial charge in [0.2, 0.25) is 17.6 Å². The molecule has 0 amide bonds. The molecule has 0 bridgehead atoms. The molecule has 1 aromatic carbocycles. The van der Waals surface area contributed by atoms with E-state index in [1.807, 2.05) is 13.8 Å². The van der Waals surface area contributed by atoms with Gasteiger partial charge in [-0.1, -0.05) is 5.16 Å². The third kappa shape index (κ3) is 3.53. The van der Waals surface area contributed by atoms with Gasteiger partial charge in [0.05, 0.1) is 18.2 Å². The van der Waals surface area contributed by atoms with Gasteiger partial charge in [0.1, 0.15) is 11.6 Å². The Morgan fingerprint density at radius 2 is 2.00 bits per heavy atom. The fraction of sp³-hybridized carbons (Fsp3) is 0.421. The van der Waals surface area contributed by atoms with E-state index in [9.17, 15) is 4.39 Å². The summed E-state index contributed by atoms with van der Waals surface area (Å²) in [6, 6.07) is 6.11. The van der Waals surface area contributed by atoms with Crippen molar-refractivity contribution in [2.75, 3.05) is 13.1 Å². The summed E-state index contributed by atoms with van der Waals surface area (Å²) in [5.41, 5.74) is 1.69. The van der Waals surface area contributed by atoms with Crippen LogP contribution in [-0.4, -0.2) is 33.1 Å². The molecule has 26 heavy (non-hydrogen) atoms. The SMILES string of the molecule is Cc1nc(CN2CCCC(c3nc(-c4ccc(F)cc4)no3)C2)oc1C. The highest BCUT2D eigenvalue weighted by atomic mass is 19.1. The van der Waals surface area contributed by atoms with E-state index in [0.29, 0.717) is 18.3 Å². The summed E-state index contributed by atoms with van der Waals surface area (Å²) in [5.74, 6) is 2.65. The number of aryl methyl sites for hydroxylation is 2. The van der Waals surface area contributed by atoms with Crippen molar-refractivity contribution < 1.29 is 13.3 Å². The Hall–Kier alpha value is -2.54. The number of hydrogen-bond donors (Lipinski definition) is 0. The molecule has 136 valence electrons. The van der Waals surface area contributed by atoms with Crippen LogP contribution < -0.4 is 0 Å². The van der Waals surface area contributed by atoms with Gasteiger partial charge in [0.15, 0.2) is 0 Å². The lowest BCUT2D eigenvalue weighted by Crippen LogP contribution is -2.34. The second kappa shape index (κ2) is 6.99. The summed E-state index contributed by atoms with van der Waals surface area (Å²) in [6.07, 6.45) is 2.06. The largest absolute Gasteiger partial charge is 0.444 e. The third-order valence-corrected chi connectivity index (χ3v) is 4.83. The van der Waals surface area contributed by atoms with Gasteiger partial charge in [-0.15, -0.1) is 0 Å². The van der Waals surface area contributed by atoms with E-state index in [1.165, 1.54) is 12.1 Å². The molecule has 1 aliphatic heterocycles. The van der Waals surface area contributed by atoms with Crippen LogP contribution in [0.3, 0.4) is 0 Å². The second-order valence-corrected chi connectivity index (χ2v) is 6.79. The number of likely N-dealkylation sites (tertiary alicyclic amines) is 1. The predicted molar refractivity (Wildman–Crippen MR) is 92.9 cm³/mol. The van der Waals surface area contributed by atoms with E-state index in [-0.39, 0.29) is 11.7 Å². The predicted octanol–water partition coefficient (Wildman–Crippen LogP) is 3.86. The Labute approximate surface area is 151 Å². The van der Waals surface area contributed by atoms with Crippen LogP contribution in [0.2, 0.25) is 0 Å². The summed E-state index contributed by atoms with van der Waals surface area (Å²) >= 11 is 0. The van der Waals surface area contributed by atoms with E-state index >= 15 is 0 Å². The molecule has 3 aromatic rings. The molecule has 3 heterocycles. The first kappa shape index (κ1) is 16.9. The number of rotatable bonds is 4. The maximum absolute atomic E-state index is 13.1. The van der Waals surface area contributed by atoms with E-state index in [1.54, 1.807) is 12.1 Å². The normalized spacial score (nSPS) is 18.3. The van der Waals surface area contributed by atoms with Crippen LogP contribution in [0.4, 0.5) is 4.39 Å². The fourth-order valence-electron chi connectivity index (χ4n) is 3.32. The van der Waals surface area contributed by atoms with Gasteiger partial charge in [0, 0.05) is 12.1 Å². The van der Waals surface area contributed by atoms with Gasteiger partial charge in [-0.05, 0) is 57.5 Å². The molecular weight excluding hydrogens is 335 g/mol. The quantitative estimate of drug-likeness (QED) is 0.707. The molecule has 4 rings (SSSR count). The molecule has 6 nitrogen and oxygen atoms in total. The van der Waals surface area contributed by atoms with E-state index in [4.69, 9.17) is 8.94 Å². The Bertz CT molecular complexity index is 868. The van der Waals surface area contributed by atoms with Gasteiger partial charge in [-0.3, -0.25) is 4.90 Å². The summed E-state index contributed by atoms with van der Waals surface area (Å²) in [6.45, 7) is 6.39. The van der Waals surface area contributed by atoms with Crippen molar-refractivity contribution in [1.82, 2.24) is 20.0 Å². The first-order valence-corrected chi connectivity index (χ1v) is 8.83. The molecule has 0 N–H and O–H groups in total. The molecule has 0 aliphatic carbocycles. The lowest BCUT2D eigenvalue weighted by molar-refractivity contribution is 0.166. The first-order chi connectivity index (χ1) is 12.6. The van der Waals surface area contributed by atoms with Crippen molar-refractivity contribution in [1.29, 1.82) is 0 Å². The minimum Gasteiger partial charge on any atom is -0.444 e. The molecule has 0 saturated carbocycles. The van der Waals surface area contributed by atoms with Crippen LogP contribution in [0, 0.1) is 19.7 Å². The first-order valence-electron chi connectivity index (χ1n) is 8.83. The molecule has 2 aromatic heterocycles. The highest BCUT2D eigenvalue weighted by molar-refractivity contribution is 5.53. The lowest BCUT2D eigenvalue weighted by Gasteiger charge is -2.29. The number of benzene rings is 1. The monoisotopic (exact) mass is 356 g/mol. The topological polar surface area (TPSA) is 68.2 Å². The zero-order valence-electron chi connectivity index (χ0n) is 14.9. The number of aromatic nitrogens is 3. The Kier molecular flexibility index (Phi) is 4.55. The Balaban J connectivity index is 1.45. The minimum atomic E-state index is -0.280. The van der Waals surface area contributed by atoms with Crippen molar-refractivity contribution in [3.63, 3.8) is 0 Å². The van der Waals surface area contributed by atoms with E-state index in [0.717, 1.165) is 48.8 Å². The maximum atomic E-state index is 13.1. The van der Waals surface area contributed by atoms with Gasteiger partial charge in [0.25, 0.3) is 0 Å². The highest BCUT2D eigenvalue weighted by Crippen LogP contribution is 2.28. The van der Waals surface area contributed by atoms with Gasteiger partial charge >= 0.3 is 0 Å². The van der Waals surface area contributed by atoms with Crippen molar-refractivity contribution in [3.8, 4) is 11.4 Å². The van der Waals surface area contributed by atoms with Crippen LogP contribution >= 0.6 is 0 Å². The average Bonchev–Trinajstić information content (AvgIpc) is 3.23. The maximum Gasteiger partial charge on any atom is 0.231 e. The van der Waals surface area contributed by atoms with Gasteiger partial charge < -0.3 is 8.94 Å². The molecular formula is C19H21FN4O2.